The van der Waals surface area contributed by atoms with Gasteiger partial charge >= 0.3 is 0 Å². The summed E-state index contributed by atoms with van der Waals surface area (Å²) in [6.45, 7) is 0. The van der Waals surface area contributed by atoms with Crippen molar-refractivity contribution < 1.29 is 19.2 Å². The monoisotopic (exact) mass is 352 g/mol. The highest BCUT2D eigenvalue weighted by atomic mass is 35.5. The average Bonchev–Trinajstić information content (AvgIpc) is 2.63. The molecule has 5 heteroatoms. The maximum absolute atomic E-state index is 12.4. The first kappa shape index (κ1) is 17.0. The van der Waals surface area contributed by atoms with Crippen LogP contribution in [0.25, 0.3) is 6.08 Å². The molecule has 1 aliphatic carbocycles. The minimum absolute atomic E-state index is 0.174. The summed E-state index contributed by atoms with van der Waals surface area (Å²) in [4.78, 5) is 49.6. The molecule has 0 aromatic heterocycles. The van der Waals surface area contributed by atoms with Crippen molar-refractivity contribution in [1.82, 2.24) is 0 Å². The summed E-state index contributed by atoms with van der Waals surface area (Å²) in [5, 5.41) is 0.174. The number of Topliss-reactive ketones (excluding diaryl/α,β-unsaturated/α-hetero) is 4. The third kappa shape index (κ3) is 3.21. The topological polar surface area (TPSA) is 68.3 Å². The zero-order valence-electron chi connectivity index (χ0n) is 13.0. The van der Waals surface area contributed by atoms with Gasteiger partial charge in [-0.2, -0.15) is 0 Å². The van der Waals surface area contributed by atoms with Gasteiger partial charge in [-0.05, 0) is 17.2 Å². The fourth-order valence-corrected chi connectivity index (χ4v) is 3.01. The van der Waals surface area contributed by atoms with Gasteiger partial charge in [-0.1, -0.05) is 72.3 Å². The van der Waals surface area contributed by atoms with Crippen LogP contribution >= 0.6 is 11.6 Å². The maximum atomic E-state index is 12.4. The van der Waals surface area contributed by atoms with Crippen molar-refractivity contribution in [2.45, 2.75) is 5.92 Å². The van der Waals surface area contributed by atoms with Gasteiger partial charge in [-0.15, -0.1) is 0 Å². The van der Waals surface area contributed by atoms with E-state index in [2.05, 4.69) is 0 Å². The van der Waals surface area contributed by atoms with Crippen LogP contribution in [0.4, 0.5) is 0 Å². The van der Waals surface area contributed by atoms with Gasteiger partial charge in [-0.3, -0.25) is 19.2 Å². The van der Waals surface area contributed by atoms with Gasteiger partial charge in [0.05, 0.1) is 0 Å². The predicted octanol–water partition coefficient (Wildman–Crippen LogP) is 3.04. The molecule has 1 fully saturated rings. The minimum atomic E-state index is -1.45. The Kier molecular flexibility index (Phi) is 4.72. The standard InChI is InChI=1S/C20H13ClO4/c21-15-9-5-4-8-13(15)16-19(24)17(22)14(18(23)20(16)25)11-10-12-6-2-1-3-7-12/h1-11,14,16H. The second-order valence-corrected chi connectivity index (χ2v) is 6.07. The van der Waals surface area contributed by atoms with Crippen LogP contribution in [0.15, 0.2) is 60.7 Å². The molecule has 0 bridgehead atoms. The first-order valence-electron chi connectivity index (χ1n) is 7.64. The number of rotatable bonds is 3. The Hall–Kier alpha value is -2.85. The molecule has 0 unspecified atom stereocenters. The highest BCUT2D eigenvalue weighted by Gasteiger charge is 2.48. The van der Waals surface area contributed by atoms with Crippen LogP contribution in [0.3, 0.4) is 0 Å². The van der Waals surface area contributed by atoms with Crippen molar-refractivity contribution in [3.8, 4) is 0 Å². The van der Waals surface area contributed by atoms with Crippen LogP contribution in [-0.2, 0) is 19.2 Å². The molecule has 0 N–H and O–H groups in total. The van der Waals surface area contributed by atoms with Crippen molar-refractivity contribution in [3.05, 3.63) is 76.8 Å². The second-order valence-electron chi connectivity index (χ2n) is 5.66. The van der Waals surface area contributed by atoms with Crippen molar-refractivity contribution in [2.24, 2.45) is 5.92 Å². The van der Waals surface area contributed by atoms with E-state index in [-0.39, 0.29) is 10.6 Å². The van der Waals surface area contributed by atoms with Crippen LogP contribution in [0, 0.1) is 5.92 Å². The lowest BCUT2D eigenvalue weighted by molar-refractivity contribution is -0.151. The van der Waals surface area contributed by atoms with Gasteiger partial charge in [0.1, 0.15) is 11.8 Å². The van der Waals surface area contributed by atoms with Crippen molar-refractivity contribution in [1.29, 1.82) is 0 Å². The SMILES string of the molecule is O=C1C(=O)C(c2ccccc2Cl)C(=O)C(=O)C1C=Cc1ccccc1. The summed E-state index contributed by atoms with van der Waals surface area (Å²) in [6.07, 6.45) is 2.86. The van der Waals surface area contributed by atoms with E-state index in [9.17, 15) is 19.2 Å². The van der Waals surface area contributed by atoms with Crippen LogP contribution < -0.4 is 0 Å². The van der Waals surface area contributed by atoms with Crippen LogP contribution in [0.2, 0.25) is 5.02 Å². The van der Waals surface area contributed by atoms with E-state index in [1.165, 1.54) is 18.2 Å². The number of hydrogen-bond acceptors (Lipinski definition) is 4. The van der Waals surface area contributed by atoms with E-state index < -0.39 is 35.0 Å². The number of ketones is 4. The molecule has 0 amide bonds. The summed E-state index contributed by atoms with van der Waals surface area (Å²) in [5.74, 6) is -6.40. The first-order chi connectivity index (χ1) is 12.0. The lowest BCUT2D eigenvalue weighted by Crippen LogP contribution is -2.46. The van der Waals surface area contributed by atoms with Gasteiger partial charge in [0.15, 0.2) is 0 Å². The van der Waals surface area contributed by atoms with Gasteiger partial charge in [-0.25, -0.2) is 0 Å². The third-order valence-corrected chi connectivity index (χ3v) is 4.42. The van der Waals surface area contributed by atoms with E-state index in [0.29, 0.717) is 0 Å². The highest BCUT2D eigenvalue weighted by Crippen LogP contribution is 2.31. The molecule has 2 aromatic carbocycles. The van der Waals surface area contributed by atoms with E-state index >= 15 is 0 Å². The Labute approximate surface area is 149 Å². The predicted molar refractivity (Wildman–Crippen MR) is 93.2 cm³/mol. The molecule has 1 aliphatic rings. The molecule has 0 saturated heterocycles. The van der Waals surface area contributed by atoms with Crippen molar-refractivity contribution in [2.75, 3.05) is 0 Å². The number of hydrogen-bond donors (Lipinski definition) is 0. The van der Waals surface area contributed by atoms with E-state index in [1.54, 1.807) is 42.5 Å². The fourth-order valence-electron chi connectivity index (χ4n) is 2.77. The van der Waals surface area contributed by atoms with Gasteiger partial charge < -0.3 is 0 Å². The molecule has 0 spiro atoms. The van der Waals surface area contributed by atoms with E-state index in [4.69, 9.17) is 11.6 Å². The minimum Gasteiger partial charge on any atom is -0.290 e. The smallest absolute Gasteiger partial charge is 0.214 e. The first-order valence-corrected chi connectivity index (χ1v) is 8.02. The summed E-state index contributed by atoms with van der Waals surface area (Å²) >= 11 is 6.02. The van der Waals surface area contributed by atoms with Crippen LogP contribution in [0.5, 0.6) is 0 Å². The van der Waals surface area contributed by atoms with Gasteiger partial charge in [0.2, 0.25) is 23.1 Å². The summed E-state index contributed by atoms with van der Waals surface area (Å²) in [5.41, 5.74) is 0.947. The Morgan fingerprint density at radius 2 is 1.28 bits per heavy atom. The van der Waals surface area contributed by atoms with Crippen LogP contribution in [0.1, 0.15) is 17.0 Å². The Balaban J connectivity index is 1.93. The Bertz CT molecular complexity index is 871. The Morgan fingerprint density at radius 3 is 1.88 bits per heavy atom. The normalized spacial score (nSPS) is 21.2. The molecule has 0 heterocycles. The maximum Gasteiger partial charge on any atom is 0.214 e. The van der Waals surface area contributed by atoms with E-state index in [0.717, 1.165) is 5.56 Å². The average molecular weight is 353 g/mol. The molecular weight excluding hydrogens is 340 g/mol. The van der Waals surface area contributed by atoms with Crippen molar-refractivity contribution >= 4 is 40.8 Å². The summed E-state index contributed by atoms with van der Waals surface area (Å²) in [6, 6.07) is 15.2. The fraction of sp³-hybridized carbons (Fsp3) is 0.100. The largest absolute Gasteiger partial charge is 0.290 e. The molecule has 3 rings (SSSR count). The number of carbonyl (C=O) groups is 4. The molecule has 25 heavy (non-hydrogen) atoms. The molecule has 0 radical (unpaired) electrons. The highest BCUT2D eigenvalue weighted by molar-refractivity contribution is 6.62. The molecule has 2 aromatic rings. The molecule has 0 aliphatic heterocycles. The van der Waals surface area contributed by atoms with Crippen LogP contribution in [-0.4, -0.2) is 23.1 Å². The zero-order chi connectivity index (χ0) is 18.0. The molecule has 124 valence electrons. The zero-order valence-corrected chi connectivity index (χ0v) is 13.8. The number of halogens is 1. The molecule has 4 nitrogen and oxygen atoms in total. The lowest BCUT2D eigenvalue weighted by Gasteiger charge is -2.23. The number of allylic oxidation sites excluding steroid dienone is 1. The lowest BCUT2D eigenvalue weighted by atomic mass is 9.75. The quantitative estimate of drug-likeness (QED) is 0.629. The summed E-state index contributed by atoms with van der Waals surface area (Å²) < 4.78 is 0. The molecule has 0 atom stereocenters. The third-order valence-electron chi connectivity index (χ3n) is 4.07. The number of benzene rings is 2. The number of carbonyl (C=O) groups excluding carboxylic acids is 4. The van der Waals surface area contributed by atoms with E-state index in [1.807, 2.05) is 6.07 Å². The molecule has 1 saturated carbocycles. The summed E-state index contributed by atoms with van der Waals surface area (Å²) in [7, 11) is 0. The molecular formula is C20H13ClO4. The van der Waals surface area contributed by atoms with Gasteiger partial charge in [0, 0.05) is 5.02 Å². The second kappa shape index (κ2) is 6.95. The Morgan fingerprint density at radius 1 is 0.720 bits per heavy atom. The van der Waals surface area contributed by atoms with Crippen molar-refractivity contribution in [3.63, 3.8) is 0 Å². The van der Waals surface area contributed by atoms with Gasteiger partial charge in [0.25, 0.3) is 0 Å².